The van der Waals surface area contributed by atoms with Crippen LogP contribution in [0, 0.1) is 0 Å². The summed E-state index contributed by atoms with van der Waals surface area (Å²) in [6, 6.07) is 27.9. The van der Waals surface area contributed by atoms with Crippen LogP contribution in [0.4, 0.5) is 0 Å². The number of nitrogens with zero attached hydrogens (tertiary/aromatic N) is 1. The number of aliphatic hydroxyl groups is 1. The molecule has 0 atom stereocenters. The number of carbonyl (C=O) groups is 1. The first-order valence-electron chi connectivity index (χ1n) is 10.6. The highest BCUT2D eigenvalue weighted by Crippen LogP contribution is 2.28. The zero-order valence-corrected chi connectivity index (χ0v) is 17.9. The van der Waals surface area contributed by atoms with Gasteiger partial charge in [0.25, 0.3) is 0 Å². The number of nitrogens with one attached hydrogen (secondary N) is 1. The van der Waals surface area contributed by atoms with Crippen LogP contribution >= 0.6 is 0 Å². The lowest BCUT2D eigenvalue weighted by molar-refractivity contribution is -0.122. The number of ether oxygens (including phenoxy) is 1. The molecule has 0 saturated carbocycles. The Morgan fingerprint density at radius 2 is 1.52 bits per heavy atom. The van der Waals surface area contributed by atoms with E-state index in [0.29, 0.717) is 19.5 Å². The molecule has 0 aliphatic carbocycles. The van der Waals surface area contributed by atoms with Gasteiger partial charge in [-0.15, -0.1) is 0 Å². The number of benzene rings is 3. The Morgan fingerprint density at radius 3 is 2.10 bits per heavy atom. The minimum atomic E-state index is -0.0778. The van der Waals surface area contributed by atoms with Crippen molar-refractivity contribution in [2.24, 2.45) is 0 Å². The molecule has 31 heavy (non-hydrogen) atoms. The maximum atomic E-state index is 12.9. The van der Waals surface area contributed by atoms with Crippen LogP contribution in [0.2, 0.25) is 0 Å². The molecule has 2 N–H and O–H groups in total. The van der Waals surface area contributed by atoms with E-state index in [4.69, 9.17) is 4.74 Å². The van der Waals surface area contributed by atoms with Gasteiger partial charge in [-0.1, -0.05) is 78.9 Å². The summed E-state index contributed by atoms with van der Waals surface area (Å²) >= 11 is 0. The summed E-state index contributed by atoms with van der Waals surface area (Å²) in [6.45, 7) is 1.31. The lowest BCUT2D eigenvalue weighted by Crippen LogP contribution is -2.40. The molecular formula is C26H30N2O3. The van der Waals surface area contributed by atoms with Crippen molar-refractivity contribution in [1.29, 1.82) is 0 Å². The van der Waals surface area contributed by atoms with Crippen molar-refractivity contribution in [2.45, 2.75) is 19.0 Å². The van der Waals surface area contributed by atoms with Gasteiger partial charge in [0.15, 0.2) is 0 Å². The van der Waals surface area contributed by atoms with E-state index in [-0.39, 0.29) is 25.1 Å². The first-order valence-corrected chi connectivity index (χ1v) is 10.6. The highest BCUT2D eigenvalue weighted by atomic mass is 16.5. The van der Waals surface area contributed by atoms with Crippen LogP contribution in [0.5, 0.6) is 5.75 Å². The molecule has 5 heteroatoms. The number of amides is 1. The minimum absolute atomic E-state index is 0.0688. The topological polar surface area (TPSA) is 61.8 Å². The maximum absolute atomic E-state index is 12.9. The number of aliphatic hydroxyl groups excluding tert-OH is 1. The van der Waals surface area contributed by atoms with Crippen LogP contribution in [0.15, 0.2) is 84.9 Å². The molecule has 0 unspecified atom stereocenters. The number of hydrogen-bond acceptors (Lipinski definition) is 4. The Labute approximate surface area is 184 Å². The maximum Gasteiger partial charge on any atom is 0.234 e. The van der Waals surface area contributed by atoms with Crippen LogP contribution in [-0.4, -0.2) is 42.7 Å². The van der Waals surface area contributed by atoms with Gasteiger partial charge >= 0.3 is 0 Å². The third kappa shape index (κ3) is 6.41. The third-order valence-electron chi connectivity index (χ3n) is 5.21. The molecule has 162 valence electrons. The molecule has 5 nitrogen and oxygen atoms in total. The van der Waals surface area contributed by atoms with Gasteiger partial charge in [-0.3, -0.25) is 9.69 Å². The first-order chi connectivity index (χ1) is 15.2. The second-order valence-electron chi connectivity index (χ2n) is 7.36. The van der Waals surface area contributed by atoms with Gasteiger partial charge in [0, 0.05) is 25.3 Å². The number of methoxy groups -OCH3 is 1. The minimum Gasteiger partial charge on any atom is -0.496 e. The fraction of sp³-hybridized carbons (Fsp3) is 0.269. The number of rotatable bonds is 11. The van der Waals surface area contributed by atoms with Crippen molar-refractivity contribution >= 4 is 5.91 Å². The second-order valence-corrected chi connectivity index (χ2v) is 7.36. The molecule has 0 aliphatic heterocycles. The molecule has 3 rings (SSSR count). The van der Waals surface area contributed by atoms with Crippen molar-refractivity contribution < 1.29 is 14.6 Å². The van der Waals surface area contributed by atoms with Crippen molar-refractivity contribution in [3.8, 4) is 5.75 Å². The van der Waals surface area contributed by atoms with Gasteiger partial charge in [0.1, 0.15) is 5.75 Å². The van der Waals surface area contributed by atoms with Crippen molar-refractivity contribution in [3.63, 3.8) is 0 Å². The van der Waals surface area contributed by atoms with Gasteiger partial charge in [-0.25, -0.2) is 0 Å². The van der Waals surface area contributed by atoms with Crippen molar-refractivity contribution in [2.75, 3.05) is 26.8 Å². The molecule has 3 aromatic carbocycles. The second kappa shape index (κ2) is 11.9. The first kappa shape index (κ1) is 22.5. The Kier molecular flexibility index (Phi) is 8.64. The van der Waals surface area contributed by atoms with Crippen molar-refractivity contribution in [1.82, 2.24) is 10.2 Å². The standard InChI is InChI=1S/C26H30N2O3/c1-31-24-16-9-8-15-23(24)19-27-25(30)20-28(17-10-18-29)26(21-11-4-2-5-12-21)22-13-6-3-7-14-22/h2-9,11-16,26,29H,10,17-20H2,1H3,(H,27,30). The summed E-state index contributed by atoms with van der Waals surface area (Å²) in [5.41, 5.74) is 3.16. The Hall–Kier alpha value is -3.15. The van der Waals surface area contributed by atoms with Gasteiger partial charge in [-0.2, -0.15) is 0 Å². The van der Waals surface area contributed by atoms with Crippen LogP contribution in [-0.2, 0) is 11.3 Å². The zero-order chi connectivity index (χ0) is 21.9. The van der Waals surface area contributed by atoms with Crippen LogP contribution in [0.1, 0.15) is 29.2 Å². The van der Waals surface area contributed by atoms with E-state index in [1.165, 1.54) is 0 Å². The molecule has 0 fully saturated rings. The largest absolute Gasteiger partial charge is 0.496 e. The lowest BCUT2D eigenvalue weighted by atomic mass is 9.96. The van der Waals surface area contributed by atoms with E-state index in [2.05, 4.69) is 34.5 Å². The normalized spacial score (nSPS) is 11.0. The Morgan fingerprint density at radius 1 is 0.935 bits per heavy atom. The molecule has 0 radical (unpaired) electrons. The smallest absolute Gasteiger partial charge is 0.234 e. The van der Waals surface area contributed by atoms with Crippen LogP contribution in [0.25, 0.3) is 0 Å². The molecule has 0 saturated heterocycles. The van der Waals surface area contributed by atoms with E-state index in [0.717, 1.165) is 22.4 Å². The number of hydrogen-bond donors (Lipinski definition) is 2. The molecule has 1 amide bonds. The van der Waals surface area contributed by atoms with E-state index in [1.54, 1.807) is 7.11 Å². The summed E-state index contributed by atoms with van der Waals surface area (Å²) in [5, 5.41) is 12.5. The number of carbonyl (C=O) groups excluding carboxylic acids is 1. The average Bonchev–Trinajstić information content (AvgIpc) is 2.83. The van der Waals surface area contributed by atoms with Crippen molar-refractivity contribution in [3.05, 3.63) is 102 Å². The van der Waals surface area contributed by atoms with Gasteiger partial charge in [-0.05, 0) is 23.6 Å². The van der Waals surface area contributed by atoms with Crippen LogP contribution in [0.3, 0.4) is 0 Å². The number of para-hydroxylation sites is 1. The molecule has 0 spiro atoms. The highest BCUT2D eigenvalue weighted by molar-refractivity contribution is 5.78. The fourth-order valence-corrected chi connectivity index (χ4v) is 3.74. The zero-order valence-electron chi connectivity index (χ0n) is 17.9. The lowest BCUT2D eigenvalue weighted by Gasteiger charge is -2.32. The molecule has 0 heterocycles. The molecular weight excluding hydrogens is 388 g/mol. The predicted molar refractivity (Wildman–Crippen MR) is 123 cm³/mol. The van der Waals surface area contributed by atoms with E-state index < -0.39 is 0 Å². The van der Waals surface area contributed by atoms with E-state index in [9.17, 15) is 9.90 Å². The van der Waals surface area contributed by atoms with Gasteiger partial charge in [0.05, 0.1) is 19.7 Å². The summed E-state index contributed by atoms with van der Waals surface area (Å²) < 4.78 is 5.38. The van der Waals surface area contributed by atoms with E-state index in [1.807, 2.05) is 60.7 Å². The van der Waals surface area contributed by atoms with Crippen LogP contribution < -0.4 is 10.1 Å². The summed E-state index contributed by atoms with van der Waals surface area (Å²) in [6.07, 6.45) is 0.593. The Balaban J connectivity index is 1.79. The van der Waals surface area contributed by atoms with Gasteiger partial charge in [0.2, 0.25) is 5.91 Å². The molecule has 0 bridgehead atoms. The summed E-state index contributed by atoms with van der Waals surface area (Å²) in [7, 11) is 1.63. The fourth-order valence-electron chi connectivity index (χ4n) is 3.74. The summed E-state index contributed by atoms with van der Waals surface area (Å²) in [4.78, 5) is 15.0. The monoisotopic (exact) mass is 418 g/mol. The van der Waals surface area contributed by atoms with Gasteiger partial charge < -0.3 is 15.2 Å². The highest BCUT2D eigenvalue weighted by Gasteiger charge is 2.24. The average molecular weight is 419 g/mol. The third-order valence-corrected chi connectivity index (χ3v) is 5.21. The SMILES string of the molecule is COc1ccccc1CNC(=O)CN(CCCO)C(c1ccccc1)c1ccccc1. The quantitative estimate of drug-likeness (QED) is 0.497. The molecule has 0 aliphatic rings. The molecule has 3 aromatic rings. The molecule has 0 aromatic heterocycles. The predicted octanol–water partition coefficient (Wildman–Crippen LogP) is 3.79. The Bertz CT molecular complexity index is 892. The van der Waals surface area contributed by atoms with E-state index >= 15 is 0 Å². The summed E-state index contributed by atoms with van der Waals surface area (Å²) in [5.74, 6) is 0.687.